The van der Waals surface area contributed by atoms with Crippen LogP contribution in [0.3, 0.4) is 0 Å². The SMILES string of the molecule is CCC(CCl)(CCl)Nc1nccn2c(C)nnc12. The zero-order valence-electron chi connectivity index (χ0n) is 10.3. The standard InChI is InChI=1S/C11H15Cl2N5/c1-3-11(6-12,7-13)15-9-10-17-16-8(2)18(10)5-4-14-9/h4-5H,3,6-7H2,1-2H3,(H,14,15). The van der Waals surface area contributed by atoms with Crippen LogP contribution in [0, 0.1) is 6.92 Å². The maximum absolute atomic E-state index is 6.01. The van der Waals surface area contributed by atoms with Gasteiger partial charge >= 0.3 is 0 Å². The van der Waals surface area contributed by atoms with Crippen LogP contribution in [0.25, 0.3) is 5.65 Å². The summed E-state index contributed by atoms with van der Waals surface area (Å²) in [7, 11) is 0. The summed E-state index contributed by atoms with van der Waals surface area (Å²) in [4.78, 5) is 4.30. The molecule has 0 aliphatic heterocycles. The van der Waals surface area contributed by atoms with E-state index in [0.717, 1.165) is 12.2 Å². The molecule has 0 unspecified atom stereocenters. The third-order valence-electron chi connectivity index (χ3n) is 3.07. The van der Waals surface area contributed by atoms with Crippen LogP contribution in [0.2, 0.25) is 0 Å². The number of anilines is 1. The fourth-order valence-corrected chi connectivity index (χ4v) is 2.46. The Bertz CT molecular complexity index is 527. The van der Waals surface area contributed by atoms with Gasteiger partial charge in [-0.15, -0.1) is 33.4 Å². The number of rotatable bonds is 5. The van der Waals surface area contributed by atoms with Crippen molar-refractivity contribution < 1.29 is 0 Å². The molecule has 0 bridgehead atoms. The quantitative estimate of drug-likeness (QED) is 0.859. The van der Waals surface area contributed by atoms with Crippen molar-refractivity contribution in [1.29, 1.82) is 0 Å². The van der Waals surface area contributed by atoms with Gasteiger partial charge in [-0.05, 0) is 13.3 Å². The molecule has 0 aromatic carbocycles. The van der Waals surface area contributed by atoms with Gasteiger partial charge < -0.3 is 5.32 Å². The second kappa shape index (κ2) is 5.28. The van der Waals surface area contributed by atoms with Crippen molar-refractivity contribution in [3.8, 4) is 0 Å². The van der Waals surface area contributed by atoms with E-state index in [1.807, 2.05) is 24.4 Å². The van der Waals surface area contributed by atoms with Crippen molar-refractivity contribution in [2.75, 3.05) is 17.1 Å². The average Bonchev–Trinajstić information content (AvgIpc) is 2.79. The van der Waals surface area contributed by atoms with E-state index in [1.165, 1.54) is 0 Å². The predicted molar refractivity (Wildman–Crippen MR) is 73.6 cm³/mol. The molecule has 5 nitrogen and oxygen atoms in total. The molecule has 18 heavy (non-hydrogen) atoms. The van der Waals surface area contributed by atoms with E-state index in [-0.39, 0.29) is 5.54 Å². The van der Waals surface area contributed by atoms with E-state index in [1.54, 1.807) is 6.20 Å². The van der Waals surface area contributed by atoms with Gasteiger partial charge in [0.05, 0.1) is 5.54 Å². The van der Waals surface area contributed by atoms with Crippen molar-refractivity contribution in [2.24, 2.45) is 0 Å². The molecule has 0 spiro atoms. The molecule has 0 radical (unpaired) electrons. The van der Waals surface area contributed by atoms with Crippen molar-refractivity contribution in [3.05, 3.63) is 18.2 Å². The molecule has 7 heteroatoms. The molecule has 98 valence electrons. The van der Waals surface area contributed by atoms with Gasteiger partial charge in [0.2, 0.25) is 5.65 Å². The van der Waals surface area contributed by atoms with Crippen molar-refractivity contribution in [3.63, 3.8) is 0 Å². The summed E-state index contributed by atoms with van der Waals surface area (Å²) in [6.07, 6.45) is 4.33. The minimum atomic E-state index is -0.377. The topological polar surface area (TPSA) is 55.1 Å². The van der Waals surface area contributed by atoms with E-state index < -0.39 is 0 Å². The van der Waals surface area contributed by atoms with Crippen LogP contribution in [0.1, 0.15) is 19.2 Å². The fourth-order valence-electron chi connectivity index (χ4n) is 1.66. The van der Waals surface area contributed by atoms with Gasteiger partial charge in [0.25, 0.3) is 0 Å². The predicted octanol–water partition coefficient (Wildman–Crippen LogP) is 2.47. The first-order chi connectivity index (χ1) is 8.65. The molecule has 0 aliphatic carbocycles. The van der Waals surface area contributed by atoms with Gasteiger partial charge in [0.15, 0.2) is 5.82 Å². The molecule has 2 heterocycles. The lowest BCUT2D eigenvalue weighted by atomic mass is 10.0. The highest BCUT2D eigenvalue weighted by Gasteiger charge is 2.27. The molecule has 0 saturated heterocycles. The Balaban J connectivity index is 2.42. The number of fused-ring (bicyclic) bond motifs is 1. The van der Waals surface area contributed by atoms with E-state index in [4.69, 9.17) is 23.2 Å². The number of hydrogen-bond donors (Lipinski definition) is 1. The molecule has 2 aromatic heterocycles. The maximum Gasteiger partial charge on any atom is 0.203 e. The highest BCUT2D eigenvalue weighted by Crippen LogP contribution is 2.23. The van der Waals surface area contributed by atoms with Gasteiger partial charge in [-0.1, -0.05) is 6.92 Å². The van der Waals surface area contributed by atoms with E-state index in [2.05, 4.69) is 20.5 Å². The minimum absolute atomic E-state index is 0.377. The van der Waals surface area contributed by atoms with E-state index >= 15 is 0 Å². The molecule has 0 aliphatic rings. The Hall–Kier alpha value is -1.07. The fraction of sp³-hybridized carbons (Fsp3) is 0.545. The van der Waals surface area contributed by atoms with Gasteiger partial charge in [-0.2, -0.15) is 0 Å². The number of nitrogens with zero attached hydrogens (tertiary/aromatic N) is 4. The molecule has 0 amide bonds. The van der Waals surface area contributed by atoms with Crippen LogP contribution in [-0.2, 0) is 0 Å². The van der Waals surface area contributed by atoms with Crippen LogP contribution in [0.15, 0.2) is 12.4 Å². The average molecular weight is 288 g/mol. The second-order valence-corrected chi connectivity index (χ2v) is 4.78. The zero-order valence-corrected chi connectivity index (χ0v) is 11.8. The molecule has 2 rings (SSSR count). The summed E-state index contributed by atoms with van der Waals surface area (Å²) in [6, 6.07) is 0. The van der Waals surface area contributed by atoms with Crippen molar-refractivity contribution in [2.45, 2.75) is 25.8 Å². The summed E-state index contributed by atoms with van der Waals surface area (Å²) in [5.41, 5.74) is 0.306. The third-order valence-corrected chi connectivity index (χ3v) is 4.09. The largest absolute Gasteiger partial charge is 0.359 e. The molecule has 0 atom stereocenters. The normalized spacial score (nSPS) is 12.0. The lowest BCUT2D eigenvalue weighted by molar-refractivity contribution is 0.558. The zero-order chi connectivity index (χ0) is 13.2. The Morgan fingerprint density at radius 3 is 2.67 bits per heavy atom. The number of aryl methyl sites for hydroxylation is 1. The first-order valence-electron chi connectivity index (χ1n) is 5.72. The lowest BCUT2D eigenvalue weighted by Crippen LogP contribution is -2.42. The monoisotopic (exact) mass is 287 g/mol. The minimum Gasteiger partial charge on any atom is -0.359 e. The van der Waals surface area contributed by atoms with Crippen molar-refractivity contribution >= 4 is 34.7 Å². The number of nitrogens with one attached hydrogen (secondary N) is 1. The number of alkyl halides is 2. The number of aromatic nitrogens is 4. The van der Waals surface area contributed by atoms with Gasteiger partial charge in [0.1, 0.15) is 5.82 Å². The van der Waals surface area contributed by atoms with Gasteiger partial charge in [-0.3, -0.25) is 4.40 Å². The molecular formula is C11H15Cl2N5. The van der Waals surface area contributed by atoms with E-state index in [9.17, 15) is 0 Å². The molecule has 2 aromatic rings. The van der Waals surface area contributed by atoms with Crippen LogP contribution in [0.5, 0.6) is 0 Å². The second-order valence-electron chi connectivity index (χ2n) is 4.24. The Labute approximate surface area is 116 Å². The van der Waals surface area contributed by atoms with E-state index in [0.29, 0.717) is 23.2 Å². The maximum atomic E-state index is 6.01. The van der Waals surface area contributed by atoms with Crippen LogP contribution in [0.4, 0.5) is 5.82 Å². The number of halogens is 2. The number of hydrogen-bond acceptors (Lipinski definition) is 4. The smallest absolute Gasteiger partial charge is 0.203 e. The Morgan fingerprint density at radius 1 is 1.33 bits per heavy atom. The third kappa shape index (κ3) is 2.24. The first-order valence-corrected chi connectivity index (χ1v) is 6.79. The Morgan fingerprint density at radius 2 is 2.06 bits per heavy atom. The summed E-state index contributed by atoms with van der Waals surface area (Å²) >= 11 is 12.0. The summed E-state index contributed by atoms with van der Waals surface area (Å²) < 4.78 is 1.87. The highest BCUT2D eigenvalue weighted by molar-refractivity contribution is 6.22. The van der Waals surface area contributed by atoms with Gasteiger partial charge in [-0.25, -0.2) is 4.98 Å². The van der Waals surface area contributed by atoms with Crippen LogP contribution in [-0.4, -0.2) is 36.9 Å². The van der Waals surface area contributed by atoms with Crippen molar-refractivity contribution in [1.82, 2.24) is 19.6 Å². The van der Waals surface area contributed by atoms with Crippen LogP contribution < -0.4 is 5.32 Å². The summed E-state index contributed by atoms with van der Waals surface area (Å²) in [6.45, 7) is 3.92. The summed E-state index contributed by atoms with van der Waals surface area (Å²) in [5, 5.41) is 11.4. The van der Waals surface area contributed by atoms with Gasteiger partial charge in [0, 0.05) is 24.2 Å². The molecule has 1 N–H and O–H groups in total. The summed E-state index contributed by atoms with van der Waals surface area (Å²) in [5.74, 6) is 2.28. The highest BCUT2D eigenvalue weighted by atomic mass is 35.5. The first kappa shape index (κ1) is 13.4. The molecular weight excluding hydrogens is 273 g/mol. The van der Waals surface area contributed by atoms with Crippen LogP contribution >= 0.6 is 23.2 Å². The lowest BCUT2D eigenvalue weighted by Gasteiger charge is -2.30. The molecule has 0 saturated carbocycles. The molecule has 0 fully saturated rings. The Kier molecular flexibility index (Phi) is 3.92.